The number of sulfonamides is 1. The fourth-order valence-corrected chi connectivity index (χ4v) is 5.73. The van der Waals surface area contributed by atoms with Crippen molar-refractivity contribution in [2.45, 2.75) is 18.4 Å². The van der Waals surface area contributed by atoms with Gasteiger partial charge in [0.1, 0.15) is 18.1 Å². The third kappa shape index (κ3) is 4.78. The Labute approximate surface area is 225 Å². The molecule has 5 rings (SSSR count). The van der Waals surface area contributed by atoms with Crippen molar-refractivity contribution in [2.24, 2.45) is 0 Å². The van der Waals surface area contributed by atoms with E-state index in [0.717, 1.165) is 22.0 Å². The lowest BCUT2D eigenvalue weighted by Crippen LogP contribution is -2.29. The number of hydrogen-bond acceptors (Lipinski definition) is 10. The number of nitro groups is 3. The Balaban J connectivity index is 1.59. The van der Waals surface area contributed by atoms with Crippen molar-refractivity contribution in [3.8, 4) is 0 Å². The van der Waals surface area contributed by atoms with Crippen LogP contribution in [0.4, 0.5) is 22.9 Å². The largest absolute Gasteiger partial charge is 0.460 e. The summed E-state index contributed by atoms with van der Waals surface area (Å²) in [6.07, 6.45) is 2.81. The van der Waals surface area contributed by atoms with Crippen molar-refractivity contribution in [2.75, 3.05) is 10.8 Å². The van der Waals surface area contributed by atoms with Gasteiger partial charge in [-0.05, 0) is 47.8 Å². The summed E-state index contributed by atoms with van der Waals surface area (Å²) in [4.78, 5) is 32.0. The van der Waals surface area contributed by atoms with E-state index in [0.29, 0.717) is 5.76 Å². The lowest BCUT2D eigenvalue weighted by molar-refractivity contribution is -0.394. The molecule has 0 fully saturated rings. The molecule has 2 aromatic heterocycles. The minimum absolute atomic E-state index is 0.0495. The molecule has 16 heteroatoms. The number of rotatable bonds is 8. The molecular formula is C24H18N6O9S. The first-order valence-electron chi connectivity index (χ1n) is 11.5. The van der Waals surface area contributed by atoms with Crippen molar-refractivity contribution < 1.29 is 27.6 Å². The van der Waals surface area contributed by atoms with Crippen LogP contribution in [0.15, 0.2) is 70.1 Å². The van der Waals surface area contributed by atoms with Crippen LogP contribution in [0.2, 0.25) is 0 Å². The quantitative estimate of drug-likeness (QED) is 0.219. The molecule has 0 N–H and O–H groups in total. The zero-order valence-corrected chi connectivity index (χ0v) is 21.3. The molecule has 0 bridgehead atoms. The molecule has 0 saturated heterocycles. The van der Waals surface area contributed by atoms with E-state index in [1.54, 1.807) is 25.1 Å². The zero-order valence-electron chi connectivity index (χ0n) is 20.5. The smallest absolute Gasteiger partial charge is 0.389 e. The van der Waals surface area contributed by atoms with Crippen LogP contribution in [0.5, 0.6) is 0 Å². The summed E-state index contributed by atoms with van der Waals surface area (Å²) in [6.45, 7) is 1.48. The third-order valence-corrected chi connectivity index (χ3v) is 7.91. The maximum Gasteiger partial charge on any atom is 0.389 e. The van der Waals surface area contributed by atoms with Crippen LogP contribution in [-0.2, 0) is 16.6 Å². The van der Waals surface area contributed by atoms with Crippen LogP contribution < -0.4 is 4.31 Å². The molecule has 0 radical (unpaired) electrons. The Kier molecular flexibility index (Phi) is 6.39. The number of benzene rings is 2. The van der Waals surface area contributed by atoms with E-state index >= 15 is 0 Å². The molecule has 0 unspecified atom stereocenters. The molecule has 3 heterocycles. The molecule has 15 nitrogen and oxygen atoms in total. The van der Waals surface area contributed by atoms with Gasteiger partial charge in [0.15, 0.2) is 0 Å². The molecule has 0 saturated carbocycles. The van der Waals surface area contributed by atoms with Crippen LogP contribution in [0.3, 0.4) is 0 Å². The van der Waals surface area contributed by atoms with E-state index in [9.17, 15) is 38.8 Å². The van der Waals surface area contributed by atoms with Gasteiger partial charge < -0.3 is 14.5 Å². The van der Waals surface area contributed by atoms with Gasteiger partial charge in [-0.3, -0.25) is 24.5 Å². The topological polar surface area (TPSA) is 198 Å². The Morgan fingerprint density at radius 2 is 1.70 bits per heavy atom. The average molecular weight is 567 g/mol. The first kappa shape index (κ1) is 26.2. The molecule has 0 spiro atoms. The highest BCUT2D eigenvalue weighted by Gasteiger charge is 2.40. The monoisotopic (exact) mass is 566 g/mol. The molecule has 4 aromatic rings. The third-order valence-electron chi connectivity index (χ3n) is 6.13. The lowest BCUT2D eigenvalue weighted by atomic mass is 10.0. The van der Waals surface area contributed by atoms with Crippen molar-refractivity contribution in [1.29, 1.82) is 0 Å². The maximum atomic E-state index is 13.6. The summed E-state index contributed by atoms with van der Waals surface area (Å²) in [7, 11) is -4.27. The SMILES string of the molecule is Cc1ccc(S(=O)(=O)N2CC(=Cc3ccc(Cn4ccc([N+](=O)[O-])n4)o3)c3c2cc([N+](=O)[O-])cc3[N+](=O)[O-])cc1. The van der Waals surface area contributed by atoms with Crippen LogP contribution in [0.25, 0.3) is 11.6 Å². The number of aryl methyl sites for hydroxylation is 1. The maximum absolute atomic E-state index is 13.6. The number of anilines is 1. The van der Waals surface area contributed by atoms with E-state index in [2.05, 4.69) is 5.10 Å². The van der Waals surface area contributed by atoms with Crippen LogP contribution >= 0.6 is 0 Å². The van der Waals surface area contributed by atoms with Gasteiger partial charge in [0.25, 0.3) is 21.4 Å². The van der Waals surface area contributed by atoms with Crippen LogP contribution in [0, 0.1) is 37.3 Å². The molecule has 0 amide bonds. The molecule has 40 heavy (non-hydrogen) atoms. The van der Waals surface area contributed by atoms with Gasteiger partial charge in [-0.15, -0.1) is 0 Å². The number of fused-ring (bicyclic) bond motifs is 1. The van der Waals surface area contributed by atoms with Gasteiger partial charge in [0.05, 0.1) is 56.0 Å². The van der Waals surface area contributed by atoms with Gasteiger partial charge in [0.2, 0.25) is 0 Å². The van der Waals surface area contributed by atoms with Crippen molar-refractivity contribution in [3.63, 3.8) is 0 Å². The summed E-state index contributed by atoms with van der Waals surface area (Å²) in [5.41, 5.74) is -0.568. The Morgan fingerprint density at radius 1 is 0.975 bits per heavy atom. The summed E-state index contributed by atoms with van der Waals surface area (Å²) >= 11 is 0. The van der Waals surface area contributed by atoms with Gasteiger partial charge in [-0.25, -0.2) is 8.42 Å². The number of hydrogen-bond donors (Lipinski definition) is 0. The first-order chi connectivity index (χ1) is 18.9. The lowest BCUT2D eigenvalue weighted by Gasteiger charge is -2.19. The van der Waals surface area contributed by atoms with Gasteiger partial charge >= 0.3 is 5.82 Å². The molecule has 1 aliphatic rings. The van der Waals surface area contributed by atoms with Crippen LogP contribution in [-0.4, -0.2) is 39.5 Å². The first-order valence-corrected chi connectivity index (χ1v) is 12.9. The molecule has 0 aliphatic carbocycles. The second kappa shape index (κ2) is 9.73. The summed E-state index contributed by atoms with van der Waals surface area (Å²) < 4.78 is 35.2. The average Bonchev–Trinajstić information content (AvgIpc) is 3.63. The summed E-state index contributed by atoms with van der Waals surface area (Å²) in [5.74, 6) is 0.220. The predicted molar refractivity (Wildman–Crippen MR) is 140 cm³/mol. The summed E-state index contributed by atoms with van der Waals surface area (Å²) in [5, 5.41) is 38.2. The van der Waals surface area contributed by atoms with E-state index < -0.39 is 36.2 Å². The second-order valence-electron chi connectivity index (χ2n) is 8.80. The number of nitro benzene ring substituents is 2. The van der Waals surface area contributed by atoms with Gasteiger partial charge in [-0.1, -0.05) is 17.7 Å². The fourth-order valence-electron chi connectivity index (χ4n) is 4.29. The standard InChI is InChI=1S/C24H18N6O9S/c1-15-2-6-20(7-3-15)40(37,38)27-13-16(24-21(27)11-17(28(31)32)12-22(24)29(33)34)10-18-4-5-19(39-18)14-26-9-8-23(25-26)30(35)36/h2-12H,13-14H2,1H3. The van der Waals surface area contributed by atoms with Crippen molar-refractivity contribution in [3.05, 3.63) is 114 Å². The van der Waals surface area contributed by atoms with E-state index in [4.69, 9.17) is 4.42 Å². The van der Waals surface area contributed by atoms with Gasteiger partial charge in [-0.2, -0.15) is 4.68 Å². The van der Waals surface area contributed by atoms with Crippen molar-refractivity contribution >= 4 is 44.6 Å². The highest BCUT2D eigenvalue weighted by atomic mass is 32.2. The Hall–Kier alpha value is -5.38. The molecule has 204 valence electrons. The predicted octanol–water partition coefficient (Wildman–Crippen LogP) is 4.31. The highest BCUT2D eigenvalue weighted by Crippen LogP contribution is 2.47. The Bertz CT molecular complexity index is 1820. The zero-order chi connectivity index (χ0) is 28.8. The van der Waals surface area contributed by atoms with Crippen LogP contribution in [0.1, 0.15) is 22.6 Å². The molecule has 0 atom stereocenters. The molecule has 1 aliphatic heterocycles. The fraction of sp³-hybridized carbons (Fsp3) is 0.125. The minimum atomic E-state index is -4.27. The normalized spacial score (nSPS) is 13.9. The number of non-ortho nitro benzene ring substituents is 1. The van der Waals surface area contributed by atoms with Gasteiger partial charge in [0, 0.05) is 6.07 Å². The molecular weight excluding hydrogens is 548 g/mol. The minimum Gasteiger partial charge on any atom is -0.460 e. The van der Waals surface area contributed by atoms with E-state index in [1.807, 2.05) is 0 Å². The van der Waals surface area contributed by atoms with E-state index in [1.165, 1.54) is 41.2 Å². The van der Waals surface area contributed by atoms with Crippen molar-refractivity contribution in [1.82, 2.24) is 9.78 Å². The Morgan fingerprint density at radius 3 is 2.33 bits per heavy atom. The second-order valence-corrected chi connectivity index (χ2v) is 10.7. The molecule has 2 aromatic carbocycles. The highest BCUT2D eigenvalue weighted by molar-refractivity contribution is 7.92. The van der Waals surface area contributed by atoms with E-state index in [-0.39, 0.29) is 46.4 Å². The number of nitrogens with zero attached hydrogens (tertiary/aromatic N) is 6. The number of furan rings is 1. The summed E-state index contributed by atoms with van der Waals surface area (Å²) in [6, 6.07) is 12.1. The number of aromatic nitrogens is 2.